The maximum absolute atomic E-state index is 12.5. The number of nitrogens with one attached hydrogen (secondary N) is 1. The van der Waals surface area contributed by atoms with Crippen LogP contribution in [-0.2, 0) is 10.0 Å². The first-order chi connectivity index (χ1) is 11.1. The van der Waals surface area contributed by atoms with Crippen LogP contribution in [0, 0.1) is 0 Å². The van der Waals surface area contributed by atoms with Gasteiger partial charge in [0.25, 0.3) is 5.91 Å². The molecule has 0 saturated heterocycles. The van der Waals surface area contributed by atoms with Crippen LogP contribution in [-0.4, -0.2) is 27.6 Å². The molecule has 1 amide bonds. The first-order valence-corrected chi connectivity index (χ1v) is 9.57. The van der Waals surface area contributed by atoms with Crippen LogP contribution in [0.2, 0.25) is 15.1 Å². The summed E-state index contributed by atoms with van der Waals surface area (Å²) in [5.41, 5.74) is 0.747. The van der Waals surface area contributed by atoms with E-state index in [4.69, 9.17) is 34.8 Å². The van der Waals surface area contributed by atoms with E-state index in [2.05, 4.69) is 5.32 Å². The van der Waals surface area contributed by atoms with Crippen LogP contribution in [0.25, 0.3) is 0 Å². The van der Waals surface area contributed by atoms with Gasteiger partial charge in [-0.2, -0.15) is 0 Å². The Morgan fingerprint density at radius 3 is 2.29 bits per heavy atom. The lowest BCUT2D eigenvalue weighted by Gasteiger charge is -2.18. The zero-order valence-corrected chi connectivity index (χ0v) is 15.8. The quantitative estimate of drug-likeness (QED) is 0.822. The molecule has 0 aromatic heterocycles. The van der Waals surface area contributed by atoms with Gasteiger partial charge in [0, 0.05) is 12.1 Å². The van der Waals surface area contributed by atoms with E-state index in [9.17, 15) is 13.2 Å². The van der Waals surface area contributed by atoms with E-state index in [1.807, 2.05) is 0 Å². The number of halogens is 3. The average Bonchev–Trinajstić information content (AvgIpc) is 2.49. The molecule has 0 radical (unpaired) electrons. The average molecular weight is 408 g/mol. The Kier molecular flexibility index (Phi) is 5.65. The number of benzene rings is 2. The summed E-state index contributed by atoms with van der Waals surface area (Å²) >= 11 is 18.0. The molecule has 0 aliphatic heterocycles. The number of nitrogens with zero attached hydrogens (tertiary/aromatic N) is 1. The van der Waals surface area contributed by atoms with Gasteiger partial charge in [-0.3, -0.25) is 9.10 Å². The highest BCUT2D eigenvalue weighted by Crippen LogP contribution is 2.28. The summed E-state index contributed by atoms with van der Waals surface area (Å²) in [4.78, 5) is 12.5. The molecule has 0 unspecified atom stereocenters. The molecule has 9 heteroatoms. The predicted molar refractivity (Wildman–Crippen MR) is 99.1 cm³/mol. The van der Waals surface area contributed by atoms with Gasteiger partial charge in [-0.05, 0) is 36.4 Å². The Labute approximate surface area is 155 Å². The minimum atomic E-state index is -3.46. The molecular weight excluding hydrogens is 395 g/mol. The lowest BCUT2D eigenvalue weighted by molar-refractivity contribution is 0.102. The monoisotopic (exact) mass is 406 g/mol. The van der Waals surface area contributed by atoms with E-state index >= 15 is 0 Å². The zero-order valence-electron chi connectivity index (χ0n) is 12.7. The molecule has 128 valence electrons. The summed E-state index contributed by atoms with van der Waals surface area (Å²) in [6.07, 6.45) is 1.06. The Morgan fingerprint density at radius 1 is 1.04 bits per heavy atom. The van der Waals surface area contributed by atoms with Gasteiger partial charge in [-0.15, -0.1) is 0 Å². The van der Waals surface area contributed by atoms with Crippen molar-refractivity contribution in [3.8, 4) is 0 Å². The number of anilines is 2. The lowest BCUT2D eigenvalue weighted by atomic mass is 10.1. The molecule has 0 heterocycles. The normalized spacial score (nSPS) is 11.2. The third-order valence-corrected chi connectivity index (χ3v) is 5.33. The van der Waals surface area contributed by atoms with Crippen LogP contribution in [0.4, 0.5) is 11.4 Å². The third-order valence-electron chi connectivity index (χ3n) is 3.23. The van der Waals surface area contributed by atoms with Crippen molar-refractivity contribution in [3.63, 3.8) is 0 Å². The van der Waals surface area contributed by atoms with Crippen molar-refractivity contribution in [2.24, 2.45) is 0 Å². The van der Waals surface area contributed by atoms with Gasteiger partial charge in [0.05, 0.1) is 33.2 Å². The van der Waals surface area contributed by atoms with Crippen LogP contribution in [0.15, 0.2) is 36.4 Å². The van der Waals surface area contributed by atoms with E-state index in [0.717, 1.165) is 10.6 Å². The van der Waals surface area contributed by atoms with Crippen LogP contribution < -0.4 is 9.62 Å². The Hall–Kier alpha value is -1.47. The SMILES string of the molecule is CN(c1ccc(Cl)c(C(=O)Nc2cc(Cl)ccc2Cl)c1)S(C)(=O)=O. The molecule has 1 N–H and O–H groups in total. The molecular formula is C15H13Cl3N2O3S. The van der Waals surface area contributed by atoms with Crippen molar-refractivity contribution in [2.75, 3.05) is 22.9 Å². The van der Waals surface area contributed by atoms with Gasteiger partial charge in [-0.25, -0.2) is 8.42 Å². The Bertz CT molecular complexity index is 901. The number of carbonyl (C=O) groups is 1. The Balaban J connectivity index is 2.37. The first kappa shape index (κ1) is 18.9. The summed E-state index contributed by atoms with van der Waals surface area (Å²) in [5, 5.41) is 3.50. The maximum Gasteiger partial charge on any atom is 0.257 e. The molecule has 0 atom stereocenters. The van der Waals surface area contributed by atoms with E-state index < -0.39 is 15.9 Å². The van der Waals surface area contributed by atoms with Crippen molar-refractivity contribution in [1.82, 2.24) is 0 Å². The van der Waals surface area contributed by atoms with Gasteiger partial charge in [0.15, 0.2) is 0 Å². The lowest BCUT2D eigenvalue weighted by Crippen LogP contribution is -2.25. The Morgan fingerprint density at radius 2 is 1.67 bits per heavy atom. The van der Waals surface area contributed by atoms with Gasteiger partial charge in [-0.1, -0.05) is 34.8 Å². The largest absolute Gasteiger partial charge is 0.321 e. The maximum atomic E-state index is 12.5. The molecule has 0 spiro atoms. The highest BCUT2D eigenvalue weighted by Gasteiger charge is 2.17. The molecule has 2 aromatic carbocycles. The first-order valence-electron chi connectivity index (χ1n) is 6.59. The van der Waals surface area contributed by atoms with Crippen molar-refractivity contribution in [3.05, 3.63) is 57.0 Å². The highest BCUT2D eigenvalue weighted by molar-refractivity contribution is 7.92. The number of rotatable bonds is 4. The second kappa shape index (κ2) is 7.19. The van der Waals surface area contributed by atoms with E-state index in [1.54, 1.807) is 12.1 Å². The van der Waals surface area contributed by atoms with Crippen molar-refractivity contribution in [2.45, 2.75) is 0 Å². The second-order valence-electron chi connectivity index (χ2n) is 4.97. The molecule has 0 bridgehead atoms. The van der Waals surface area contributed by atoms with E-state index in [-0.39, 0.29) is 10.6 Å². The van der Waals surface area contributed by atoms with Gasteiger partial charge in [0.1, 0.15) is 0 Å². The highest BCUT2D eigenvalue weighted by atomic mass is 35.5. The number of carbonyl (C=O) groups excluding carboxylic acids is 1. The molecule has 0 aliphatic rings. The van der Waals surface area contributed by atoms with Crippen molar-refractivity contribution in [1.29, 1.82) is 0 Å². The summed E-state index contributed by atoms with van der Waals surface area (Å²) in [7, 11) is -2.08. The molecule has 0 saturated carbocycles. The van der Waals surface area contributed by atoms with E-state index in [1.165, 1.54) is 31.3 Å². The summed E-state index contributed by atoms with van der Waals surface area (Å²) < 4.78 is 24.3. The number of hydrogen-bond acceptors (Lipinski definition) is 3. The zero-order chi connectivity index (χ0) is 18.1. The van der Waals surface area contributed by atoms with Crippen molar-refractivity contribution < 1.29 is 13.2 Å². The van der Waals surface area contributed by atoms with Crippen LogP contribution in [0.5, 0.6) is 0 Å². The standard InChI is InChI=1S/C15H13Cl3N2O3S/c1-20(24(2,22)23)10-4-6-12(17)11(8-10)15(21)19-14-7-9(16)3-5-13(14)18/h3-8H,1-2H3,(H,19,21). The molecule has 24 heavy (non-hydrogen) atoms. The molecule has 0 aliphatic carbocycles. The van der Waals surface area contributed by atoms with Crippen LogP contribution >= 0.6 is 34.8 Å². The molecule has 5 nitrogen and oxygen atoms in total. The van der Waals surface area contributed by atoms with Crippen molar-refractivity contribution >= 4 is 62.1 Å². The third kappa shape index (κ3) is 4.33. The molecule has 2 aromatic rings. The van der Waals surface area contributed by atoms with Gasteiger partial charge >= 0.3 is 0 Å². The fraction of sp³-hybridized carbons (Fsp3) is 0.133. The number of sulfonamides is 1. The summed E-state index contributed by atoms with van der Waals surface area (Å²) in [6.45, 7) is 0. The fourth-order valence-corrected chi connectivity index (χ4v) is 2.89. The number of hydrogen-bond donors (Lipinski definition) is 1. The fourth-order valence-electron chi connectivity index (χ4n) is 1.86. The molecule has 2 rings (SSSR count). The number of amides is 1. The smallest absolute Gasteiger partial charge is 0.257 e. The predicted octanol–water partition coefficient (Wildman–Crippen LogP) is 4.29. The molecule has 0 fully saturated rings. The minimum absolute atomic E-state index is 0.112. The minimum Gasteiger partial charge on any atom is -0.321 e. The topological polar surface area (TPSA) is 66.5 Å². The van der Waals surface area contributed by atoms with E-state index in [0.29, 0.717) is 21.4 Å². The van der Waals surface area contributed by atoms with Crippen LogP contribution in [0.1, 0.15) is 10.4 Å². The second-order valence-corrected chi connectivity index (χ2v) is 8.24. The van der Waals surface area contributed by atoms with Gasteiger partial charge in [0.2, 0.25) is 10.0 Å². The summed E-state index contributed by atoms with van der Waals surface area (Å²) in [5.74, 6) is -0.534. The van der Waals surface area contributed by atoms with Crippen LogP contribution in [0.3, 0.4) is 0 Å². The summed E-state index contributed by atoms with van der Waals surface area (Å²) in [6, 6.07) is 8.99. The van der Waals surface area contributed by atoms with Gasteiger partial charge < -0.3 is 5.32 Å².